The second-order valence-corrected chi connectivity index (χ2v) is 7.18. The summed E-state index contributed by atoms with van der Waals surface area (Å²) in [5.74, 6) is -0.180. The van der Waals surface area contributed by atoms with E-state index in [0.717, 1.165) is 66.3 Å². The van der Waals surface area contributed by atoms with Gasteiger partial charge in [0, 0.05) is 0 Å². The molecule has 0 saturated heterocycles. The van der Waals surface area contributed by atoms with E-state index in [1.54, 1.807) is 0 Å². The lowest BCUT2D eigenvalue weighted by molar-refractivity contribution is -0.153. The molecule has 0 saturated carbocycles. The van der Waals surface area contributed by atoms with Gasteiger partial charge in [-0.25, -0.2) is 4.39 Å². The summed E-state index contributed by atoms with van der Waals surface area (Å²) < 4.78 is 20.0. The van der Waals surface area contributed by atoms with Crippen LogP contribution in [-0.2, 0) is 41.6 Å². The van der Waals surface area contributed by atoms with Crippen molar-refractivity contribution in [2.75, 3.05) is 0 Å². The van der Waals surface area contributed by atoms with Gasteiger partial charge in [0.15, 0.2) is 0 Å². The van der Waals surface area contributed by atoms with E-state index in [-0.39, 0.29) is 11.8 Å². The number of rotatable bonds is 2. The van der Waals surface area contributed by atoms with Gasteiger partial charge in [0.25, 0.3) is 0 Å². The number of halogens is 1. The Labute approximate surface area is 125 Å². The highest BCUT2D eigenvalue weighted by Crippen LogP contribution is 2.38. The highest BCUT2D eigenvalue weighted by Gasteiger charge is 2.30. The summed E-state index contributed by atoms with van der Waals surface area (Å²) in [5.41, 5.74) is 4.54. The minimum Gasteiger partial charge on any atom is -0.460 e. The molecule has 114 valence electrons. The van der Waals surface area contributed by atoms with Gasteiger partial charge in [0.05, 0.1) is 6.42 Å². The molecule has 0 spiro atoms. The maximum Gasteiger partial charge on any atom is 0.310 e. The molecule has 0 unspecified atom stereocenters. The lowest BCUT2D eigenvalue weighted by Crippen LogP contribution is -2.25. The molecule has 0 aliphatic heterocycles. The Balaban J connectivity index is 1.97. The fourth-order valence-electron chi connectivity index (χ4n) is 3.74. The minimum absolute atomic E-state index is 0.0166. The molecule has 0 heterocycles. The minimum atomic E-state index is -0.469. The van der Waals surface area contributed by atoms with Crippen LogP contribution in [0.1, 0.15) is 61.4 Å². The summed E-state index contributed by atoms with van der Waals surface area (Å²) in [5, 5.41) is 0. The predicted molar refractivity (Wildman–Crippen MR) is 80.0 cm³/mol. The van der Waals surface area contributed by atoms with Gasteiger partial charge in [-0.3, -0.25) is 4.79 Å². The summed E-state index contributed by atoms with van der Waals surface area (Å²) in [6.45, 7) is 5.64. The number of hydrogen-bond acceptors (Lipinski definition) is 2. The van der Waals surface area contributed by atoms with Crippen LogP contribution in [-0.4, -0.2) is 11.6 Å². The van der Waals surface area contributed by atoms with Gasteiger partial charge in [-0.1, -0.05) is 0 Å². The lowest BCUT2D eigenvalue weighted by atomic mass is 9.91. The zero-order chi connectivity index (χ0) is 15.2. The van der Waals surface area contributed by atoms with Crippen LogP contribution in [0.25, 0.3) is 0 Å². The number of esters is 1. The smallest absolute Gasteiger partial charge is 0.310 e. The molecule has 1 aromatic carbocycles. The lowest BCUT2D eigenvalue weighted by Gasteiger charge is -2.21. The molecule has 0 fully saturated rings. The van der Waals surface area contributed by atoms with Crippen LogP contribution in [0.3, 0.4) is 0 Å². The van der Waals surface area contributed by atoms with Gasteiger partial charge in [-0.15, -0.1) is 0 Å². The quantitative estimate of drug-likeness (QED) is 0.777. The molecule has 0 bridgehead atoms. The predicted octanol–water partition coefficient (Wildman–Crippen LogP) is 3.69. The topological polar surface area (TPSA) is 26.3 Å². The maximum atomic E-state index is 14.5. The molecular formula is C18H23FO2. The monoisotopic (exact) mass is 290 g/mol. The average Bonchev–Trinajstić information content (AvgIpc) is 3.01. The van der Waals surface area contributed by atoms with Crippen molar-refractivity contribution in [2.45, 2.75) is 71.3 Å². The third-order valence-electron chi connectivity index (χ3n) is 4.44. The van der Waals surface area contributed by atoms with Crippen LogP contribution >= 0.6 is 0 Å². The first kappa shape index (κ1) is 14.6. The molecule has 3 heteroatoms. The fraction of sp³-hybridized carbons (Fsp3) is 0.611. The van der Waals surface area contributed by atoms with Crippen molar-refractivity contribution >= 4 is 5.97 Å². The van der Waals surface area contributed by atoms with Crippen molar-refractivity contribution < 1.29 is 13.9 Å². The van der Waals surface area contributed by atoms with E-state index >= 15 is 0 Å². The normalized spacial score (nSPS) is 16.8. The van der Waals surface area contributed by atoms with E-state index in [0.29, 0.717) is 6.42 Å². The van der Waals surface area contributed by atoms with E-state index < -0.39 is 5.60 Å². The Morgan fingerprint density at radius 2 is 1.48 bits per heavy atom. The number of hydrogen-bond donors (Lipinski definition) is 0. The van der Waals surface area contributed by atoms with Gasteiger partial charge in [0.2, 0.25) is 0 Å². The highest BCUT2D eigenvalue weighted by molar-refractivity contribution is 5.75. The molecule has 1 aromatic rings. The van der Waals surface area contributed by atoms with Crippen LogP contribution < -0.4 is 0 Å². The molecule has 21 heavy (non-hydrogen) atoms. The number of ether oxygens (including phenoxy) is 1. The Morgan fingerprint density at radius 1 is 1.00 bits per heavy atom. The second-order valence-electron chi connectivity index (χ2n) is 7.18. The number of carbonyl (C=O) groups is 1. The molecule has 3 rings (SSSR count). The summed E-state index contributed by atoms with van der Waals surface area (Å²) in [7, 11) is 0. The van der Waals surface area contributed by atoms with Crippen molar-refractivity contribution in [3.8, 4) is 0 Å². The van der Waals surface area contributed by atoms with E-state index in [9.17, 15) is 9.18 Å². The molecule has 2 nitrogen and oxygen atoms in total. The Morgan fingerprint density at radius 3 is 1.95 bits per heavy atom. The van der Waals surface area contributed by atoms with Crippen molar-refractivity contribution in [1.29, 1.82) is 0 Å². The van der Waals surface area contributed by atoms with Gasteiger partial charge < -0.3 is 4.74 Å². The third-order valence-corrected chi connectivity index (χ3v) is 4.44. The Kier molecular flexibility index (Phi) is 3.54. The summed E-state index contributed by atoms with van der Waals surface area (Å²) >= 11 is 0. The van der Waals surface area contributed by atoms with Crippen LogP contribution in [0.5, 0.6) is 0 Å². The maximum absolute atomic E-state index is 14.5. The Bertz CT molecular complexity index is 561. The number of carbonyl (C=O) groups excluding carboxylic acids is 1. The second kappa shape index (κ2) is 5.11. The number of benzene rings is 1. The average molecular weight is 290 g/mol. The van der Waals surface area contributed by atoms with Crippen molar-refractivity contribution in [3.05, 3.63) is 33.6 Å². The molecule has 0 amide bonds. The van der Waals surface area contributed by atoms with Gasteiger partial charge in [0.1, 0.15) is 11.4 Å². The van der Waals surface area contributed by atoms with Crippen molar-refractivity contribution in [2.24, 2.45) is 0 Å². The molecule has 0 aromatic heterocycles. The first-order valence-electron chi connectivity index (χ1n) is 7.92. The van der Waals surface area contributed by atoms with Crippen LogP contribution in [0.15, 0.2) is 0 Å². The van der Waals surface area contributed by atoms with Crippen LogP contribution in [0.4, 0.5) is 4.39 Å². The SMILES string of the molecule is CC(C)(C)OC(=O)Cc1c2c(c(F)c3c1CCC3)CCC2. The highest BCUT2D eigenvalue weighted by atomic mass is 19.1. The van der Waals surface area contributed by atoms with Gasteiger partial charge in [-0.2, -0.15) is 0 Å². The van der Waals surface area contributed by atoms with Crippen LogP contribution in [0, 0.1) is 5.82 Å². The van der Waals surface area contributed by atoms with Gasteiger partial charge in [-0.05, 0) is 87.1 Å². The van der Waals surface area contributed by atoms with E-state index in [1.165, 1.54) is 0 Å². The molecule has 2 aliphatic carbocycles. The zero-order valence-corrected chi connectivity index (χ0v) is 13.1. The van der Waals surface area contributed by atoms with Crippen molar-refractivity contribution in [3.63, 3.8) is 0 Å². The molecule has 0 atom stereocenters. The first-order valence-corrected chi connectivity index (χ1v) is 7.92. The molecule has 0 radical (unpaired) electrons. The molecular weight excluding hydrogens is 267 g/mol. The largest absolute Gasteiger partial charge is 0.460 e. The fourth-order valence-corrected chi connectivity index (χ4v) is 3.74. The van der Waals surface area contributed by atoms with E-state index in [1.807, 2.05) is 20.8 Å². The first-order chi connectivity index (χ1) is 9.87. The van der Waals surface area contributed by atoms with E-state index in [4.69, 9.17) is 4.74 Å². The molecule has 0 N–H and O–H groups in total. The van der Waals surface area contributed by atoms with E-state index in [2.05, 4.69) is 0 Å². The summed E-state index contributed by atoms with van der Waals surface area (Å²) in [4.78, 5) is 12.2. The molecule has 2 aliphatic rings. The summed E-state index contributed by atoms with van der Waals surface area (Å²) in [6, 6.07) is 0. The van der Waals surface area contributed by atoms with Crippen LogP contribution in [0.2, 0.25) is 0 Å². The number of fused-ring (bicyclic) bond motifs is 2. The third kappa shape index (κ3) is 2.70. The zero-order valence-electron chi connectivity index (χ0n) is 13.1. The van der Waals surface area contributed by atoms with Gasteiger partial charge >= 0.3 is 5.97 Å². The van der Waals surface area contributed by atoms with Crippen molar-refractivity contribution in [1.82, 2.24) is 0 Å². The standard InChI is InChI=1S/C18H23FO2/c1-18(2,3)21-16(20)10-15-11-6-4-8-13(11)17(19)14-9-5-7-12(14)15/h4-10H2,1-3H3. The summed E-state index contributed by atoms with van der Waals surface area (Å²) in [6.07, 6.45) is 5.72. The Hall–Kier alpha value is -1.38.